The summed E-state index contributed by atoms with van der Waals surface area (Å²) >= 11 is 0. The van der Waals surface area contributed by atoms with Crippen LogP contribution in [0.3, 0.4) is 0 Å². The van der Waals surface area contributed by atoms with Crippen molar-refractivity contribution in [2.75, 3.05) is 12.4 Å². The Morgan fingerprint density at radius 3 is 2.58 bits per heavy atom. The lowest BCUT2D eigenvalue weighted by atomic mass is 10.1. The molecule has 0 spiro atoms. The maximum atomic E-state index is 13.2. The number of nitroso groups, excluding NO2 is 1. The molecule has 1 aromatic heterocycles. The van der Waals surface area contributed by atoms with Gasteiger partial charge >= 0.3 is 0 Å². The van der Waals surface area contributed by atoms with Crippen LogP contribution in [0.25, 0.3) is 22.3 Å². The number of halogens is 1. The largest absolute Gasteiger partial charge is 0.508 e. The second kappa shape index (κ2) is 9.53. The lowest BCUT2D eigenvalue weighted by Crippen LogP contribution is -2.11. The molecule has 0 aliphatic rings. The van der Waals surface area contributed by atoms with Gasteiger partial charge in [0.2, 0.25) is 0 Å². The van der Waals surface area contributed by atoms with Gasteiger partial charge in [-0.25, -0.2) is 9.07 Å². The van der Waals surface area contributed by atoms with Crippen LogP contribution in [0.5, 0.6) is 5.75 Å². The molecule has 0 radical (unpaired) electrons. The number of fused-ring (bicyclic) bond motifs is 1. The van der Waals surface area contributed by atoms with E-state index < -0.39 is 0 Å². The molecule has 158 valence electrons. The molecule has 4 N–H and O–H groups in total. The van der Waals surface area contributed by atoms with Gasteiger partial charge in [-0.3, -0.25) is 0 Å². The molecule has 0 bridgehead atoms. The van der Waals surface area contributed by atoms with Gasteiger partial charge in [0.15, 0.2) is 0 Å². The van der Waals surface area contributed by atoms with Gasteiger partial charge in [-0.05, 0) is 36.4 Å². The minimum absolute atomic E-state index is 0.222. The highest BCUT2D eigenvalue weighted by Gasteiger charge is 2.11. The molecule has 0 atom stereocenters. The molecule has 0 saturated carbocycles. The van der Waals surface area contributed by atoms with Gasteiger partial charge < -0.3 is 15.7 Å². The van der Waals surface area contributed by atoms with Crippen LogP contribution in [0.2, 0.25) is 0 Å². The number of hydrogen-bond acceptors (Lipinski definition) is 6. The summed E-state index contributed by atoms with van der Waals surface area (Å²) in [6.45, 7) is 4.60. The number of nitrogens with zero attached hydrogens (tertiary/aromatic N) is 2. The molecule has 3 aromatic carbocycles. The van der Waals surface area contributed by atoms with E-state index in [-0.39, 0.29) is 11.6 Å². The van der Waals surface area contributed by atoms with Crippen molar-refractivity contribution in [2.24, 2.45) is 0 Å². The first-order valence-corrected chi connectivity index (χ1v) is 9.42. The Balaban J connectivity index is 0.00000132. The monoisotopic (exact) mass is 419 g/mol. The second-order valence-electron chi connectivity index (χ2n) is 6.70. The molecule has 0 saturated heterocycles. The van der Waals surface area contributed by atoms with Crippen molar-refractivity contribution in [1.29, 1.82) is 5.59 Å². The molecule has 7 nitrogen and oxygen atoms in total. The van der Waals surface area contributed by atoms with Crippen LogP contribution in [-0.4, -0.2) is 21.9 Å². The lowest BCUT2D eigenvalue weighted by molar-refractivity contribution is 0.467. The summed E-state index contributed by atoms with van der Waals surface area (Å²) in [6, 6.07) is 17.6. The fourth-order valence-electron chi connectivity index (χ4n) is 3.27. The number of hydrogen-bond donors (Lipinski definition) is 4. The van der Waals surface area contributed by atoms with Crippen molar-refractivity contribution in [3.8, 4) is 11.4 Å². The van der Waals surface area contributed by atoms with Crippen molar-refractivity contribution in [3.63, 3.8) is 0 Å². The van der Waals surface area contributed by atoms with Crippen molar-refractivity contribution in [2.45, 2.75) is 6.54 Å². The van der Waals surface area contributed by atoms with Crippen LogP contribution in [0.4, 0.5) is 10.1 Å². The normalized spacial score (nSPS) is 10.3. The molecule has 4 rings (SSSR count). The number of phenols is 1. The Morgan fingerprint density at radius 1 is 1.16 bits per heavy atom. The molecule has 0 amide bonds. The number of rotatable bonds is 6. The zero-order valence-corrected chi connectivity index (χ0v) is 16.9. The van der Waals surface area contributed by atoms with Gasteiger partial charge in [0.25, 0.3) is 0 Å². The average molecular weight is 419 g/mol. The van der Waals surface area contributed by atoms with Crippen molar-refractivity contribution in [1.82, 2.24) is 15.1 Å². The van der Waals surface area contributed by atoms with E-state index >= 15 is 0 Å². The first-order chi connectivity index (χ1) is 15.1. The highest BCUT2D eigenvalue weighted by molar-refractivity contribution is 5.91. The minimum Gasteiger partial charge on any atom is -0.508 e. The summed E-state index contributed by atoms with van der Waals surface area (Å²) in [6.07, 6.45) is 1.78. The molecule has 4 aromatic rings. The number of aromatic hydroxyl groups is 1. The summed E-state index contributed by atoms with van der Waals surface area (Å²) < 4.78 is 15.0. The molecule has 0 unspecified atom stereocenters. The second-order valence-corrected chi connectivity index (χ2v) is 6.70. The standard InChI is InChI=1S/C23H21FN4O.HNO/c1-15(26-13-16-6-9-18(25-2)12-23(16)29)20-4-3-5-22-21(20)14-27-28(22)19-10-7-17(24)8-11-19;1-2/h3-12,14,25-26,29H,1,13H2,2H3;1H. The Kier molecular flexibility index (Phi) is 6.61. The van der Waals surface area contributed by atoms with Crippen LogP contribution >= 0.6 is 0 Å². The number of anilines is 1. The van der Waals surface area contributed by atoms with E-state index in [9.17, 15) is 9.50 Å². The Morgan fingerprint density at radius 2 is 1.90 bits per heavy atom. The Bertz CT molecular complexity index is 1200. The van der Waals surface area contributed by atoms with E-state index in [2.05, 4.69) is 27.9 Å². The molecule has 31 heavy (non-hydrogen) atoms. The highest BCUT2D eigenvalue weighted by Crippen LogP contribution is 2.26. The first-order valence-electron chi connectivity index (χ1n) is 9.42. The lowest BCUT2D eigenvalue weighted by Gasteiger charge is -2.13. The van der Waals surface area contributed by atoms with E-state index in [1.165, 1.54) is 12.1 Å². The van der Waals surface area contributed by atoms with Crippen LogP contribution in [0.1, 0.15) is 11.1 Å². The third-order valence-electron chi connectivity index (χ3n) is 4.88. The molecule has 8 heteroatoms. The SMILES string of the molecule is C=C(NCc1ccc(NC)cc1O)c1cccc2c1cnn2-c1ccc(F)cc1.N=O. The fraction of sp³-hybridized carbons (Fsp3) is 0.0870. The van der Waals surface area contributed by atoms with Crippen LogP contribution < -0.4 is 10.6 Å². The van der Waals surface area contributed by atoms with E-state index in [4.69, 9.17) is 4.91 Å². The van der Waals surface area contributed by atoms with Gasteiger partial charge in [-0.1, -0.05) is 30.4 Å². The first kappa shape index (κ1) is 21.5. The van der Waals surface area contributed by atoms with Crippen LogP contribution in [0.15, 0.2) is 73.4 Å². The zero-order chi connectivity index (χ0) is 22.4. The van der Waals surface area contributed by atoms with Crippen LogP contribution in [0, 0.1) is 16.3 Å². The molecular formula is C23H22FN5O2. The smallest absolute Gasteiger partial charge is 0.123 e. The van der Waals surface area contributed by atoms with E-state index in [0.717, 1.165) is 39.1 Å². The van der Waals surface area contributed by atoms with Gasteiger partial charge in [0, 0.05) is 47.6 Å². The summed E-state index contributed by atoms with van der Waals surface area (Å²) in [5.74, 6) is -0.0611. The van der Waals surface area contributed by atoms with E-state index in [1.807, 2.05) is 30.3 Å². The summed E-state index contributed by atoms with van der Waals surface area (Å²) in [4.78, 5) is 7.50. The van der Waals surface area contributed by atoms with Crippen molar-refractivity contribution >= 4 is 22.3 Å². The Hall–Kier alpha value is -4.20. The third kappa shape index (κ3) is 4.53. The minimum atomic E-state index is -0.283. The van der Waals surface area contributed by atoms with Crippen molar-refractivity contribution < 1.29 is 9.50 Å². The molecule has 0 fully saturated rings. The van der Waals surface area contributed by atoms with Crippen LogP contribution in [-0.2, 0) is 6.54 Å². The number of phenolic OH excluding ortho intramolecular Hbond substituents is 1. The quantitative estimate of drug-likeness (QED) is 0.329. The summed E-state index contributed by atoms with van der Waals surface area (Å²) in [5, 5.41) is 21.9. The molecule has 0 aliphatic carbocycles. The predicted molar refractivity (Wildman–Crippen MR) is 121 cm³/mol. The maximum absolute atomic E-state index is 13.2. The summed E-state index contributed by atoms with van der Waals surface area (Å²) in [5.41, 5.74) is 9.46. The Labute approximate surface area is 178 Å². The fourth-order valence-corrected chi connectivity index (χ4v) is 3.27. The molecule has 0 aliphatic heterocycles. The summed E-state index contributed by atoms with van der Waals surface area (Å²) in [7, 11) is 1.81. The van der Waals surface area contributed by atoms with Crippen molar-refractivity contribution in [3.05, 3.63) is 95.3 Å². The topological polar surface area (TPSA) is 103 Å². The van der Waals surface area contributed by atoms with Gasteiger partial charge in [0.05, 0.1) is 17.4 Å². The molecular weight excluding hydrogens is 397 g/mol. The predicted octanol–water partition coefficient (Wildman–Crippen LogP) is 5.00. The number of benzene rings is 3. The number of aromatic nitrogens is 2. The average Bonchev–Trinajstić information content (AvgIpc) is 3.24. The third-order valence-corrected chi connectivity index (χ3v) is 4.88. The maximum Gasteiger partial charge on any atom is 0.123 e. The molecule has 1 heterocycles. The zero-order valence-electron chi connectivity index (χ0n) is 16.9. The van der Waals surface area contributed by atoms with Gasteiger partial charge in [-0.15, -0.1) is 0 Å². The van der Waals surface area contributed by atoms with Gasteiger partial charge in [-0.2, -0.15) is 10.0 Å². The van der Waals surface area contributed by atoms with E-state index in [1.54, 1.807) is 36.1 Å². The number of nitrogens with one attached hydrogen (secondary N) is 3. The van der Waals surface area contributed by atoms with Gasteiger partial charge in [0.1, 0.15) is 11.6 Å². The highest BCUT2D eigenvalue weighted by atomic mass is 19.1. The van der Waals surface area contributed by atoms with E-state index in [0.29, 0.717) is 6.54 Å².